The van der Waals surface area contributed by atoms with Gasteiger partial charge in [0.1, 0.15) is 11.6 Å². The molecule has 1 aromatic heterocycles. The lowest BCUT2D eigenvalue weighted by Crippen LogP contribution is -2.08. The highest BCUT2D eigenvalue weighted by atomic mass is 16.3. The summed E-state index contributed by atoms with van der Waals surface area (Å²) in [6.07, 6.45) is 4.54. The molecular formula is C19H21N3O. The number of hydrogen-bond acceptors (Lipinski definition) is 3. The van der Waals surface area contributed by atoms with Gasteiger partial charge in [0.15, 0.2) is 0 Å². The minimum Gasteiger partial charge on any atom is -0.508 e. The van der Waals surface area contributed by atoms with Crippen LogP contribution >= 0.6 is 0 Å². The van der Waals surface area contributed by atoms with Gasteiger partial charge in [0.25, 0.3) is 0 Å². The largest absolute Gasteiger partial charge is 0.508 e. The van der Waals surface area contributed by atoms with Crippen LogP contribution in [0.3, 0.4) is 0 Å². The van der Waals surface area contributed by atoms with Crippen molar-refractivity contribution in [3.63, 3.8) is 0 Å². The summed E-state index contributed by atoms with van der Waals surface area (Å²) in [4.78, 5) is 6.55. The molecule has 4 nitrogen and oxygen atoms in total. The van der Waals surface area contributed by atoms with Crippen LogP contribution in [0.15, 0.2) is 60.9 Å². The molecule has 0 spiro atoms. The second-order valence-electron chi connectivity index (χ2n) is 5.84. The third-order valence-corrected chi connectivity index (χ3v) is 3.95. The van der Waals surface area contributed by atoms with Crippen LogP contribution in [0.2, 0.25) is 0 Å². The topological polar surface area (TPSA) is 41.3 Å². The summed E-state index contributed by atoms with van der Waals surface area (Å²) in [6.45, 7) is 0.623. The summed E-state index contributed by atoms with van der Waals surface area (Å²) in [6, 6.07) is 15.9. The van der Waals surface area contributed by atoms with Crippen LogP contribution in [0.4, 0.5) is 5.69 Å². The molecule has 23 heavy (non-hydrogen) atoms. The molecule has 0 saturated carbocycles. The number of nitrogens with zero attached hydrogens (tertiary/aromatic N) is 3. The normalized spacial score (nSPS) is 10.7. The minimum absolute atomic E-state index is 0.322. The minimum atomic E-state index is 0.322. The first-order valence-corrected chi connectivity index (χ1v) is 7.66. The number of para-hydroxylation sites is 1. The van der Waals surface area contributed by atoms with Crippen molar-refractivity contribution < 1.29 is 5.11 Å². The third-order valence-electron chi connectivity index (χ3n) is 3.95. The molecule has 2 aromatic carbocycles. The quantitative estimate of drug-likeness (QED) is 0.786. The van der Waals surface area contributed by atoms with Crippen LogP contribution in [0, 0.1) is 0 Å². The number of anilines is 1. The van der Waals surface area contributed by atoms with Crippen LogP contribution in [-0.2, 0) is 13.0 Å². The van der Waals surface area contributed by atoms with E-state index in [-0.39, 0.29) is 0 Å². The molecule has 0 unspecified atom stereocenters. The van der Waals surface area contributed by atoms with Gasteiger partial charge in [-0.25, -0.2) is 4.98 Å². The Hall–Kier alpha value is -2.75. The van der Waals surface area contributed by atoms with E-state index in [0.717, 1.165) is 17.8 Å². The lowest BCUT2D eigenvalue weighted by atomic mass is 10.1. The number of rotatable bonds is 5. The summed E-state index contributed by atoms with van der Waals surface area (Å²) in [5.41, 5.74) is 3.31. The molecule has 118 valence electrons. The zero-order valence-corrected chi connectivity index (χ0v) is 13.5. The second kappa shape index (κ2) is 6.57. The van der Waals surface area contributed by atoms with E-state index >= 15 is 0 Å². The average Bonchev–Trinajstić information content (AvgIpc) is 2.97. The Balaban J connectivity index is 1.77. The number of imidazole rings is 1. The van der Waals surface area contributed by atoms with Gasteiger partial charge < -0.3 is 14.6 Å². The molecule has 4 heteroatoms. The van der Waals surface area contributed by atoms with Crippen LogP contribution in [0.1, 0.15) is 17.0 Å². The van der Waals surface area contributed by atoms with Gasteiger partial charge in [0.2, 0.25) is 0 Å². The average molecular weight is 307 g/mol. The van der Waals surface area contributed by atoms with Crippen molar-refractivity contribution >= 4 is 5.69 Å². The van der Waals surface area contributed by atoms with E-state index in [9.17, 15) is 5.11 Å². The zero-order valence-electron chi connectivity index (χ0n) is 13.5. The molecular weight excluding hydrogens is 286 g/mol. The van der Waals surface area contributed by atoms with Gasteiger partial charge in [-0.3, -0.25) is 0 Å². The number of phenolic OH excluding ortho intramolecular Hbond substituents is 1. The van der Waals surface area contributed by atoms with Gasteiger partial charge in [-0.05, 0) is 23.8 Å². The molecule has 0 fully saturated rings. The Morgan fingerprint density at radius 2 is 1.78 bits per heavy atom. The molecule has 1 N–H and O–H groups in total. The second-order valence-corrected chi connectivity index (χ2v) is 5.84. The highest BCUT2D eigenvalue weighted by molar-refractivity contribution is 5.46. The number of aromatic hydroxyl groups is 1. The monoisotopic (exact) mass is 307 g/mol. The number of phenols is 1. The van der Waals surface area contributed by atoms with E-state index in [0.29, 0.717) is 12.3 Å². The van der Waals surface area contributed by atoms with E-state index in [4.69, 9.17) is 0 Å². The number of hydrogen-bond donors (Lipinski definition) is 1. The van der Waals surface area contributed by atoms with Crippen molar-refractivity contribution in [2.24, 2.45) is 0 Å². The fourth-order valence-corrected chi connectivity index (χ4v) is 2.57. The van der Waals surface area contributed by atoms with Crippen molar-refractivity contribution in [1.29, 1.82) is 0 Å². The van der Waals surface area contributed by atoms with Gasteiger partial charge >= 0.3 is 0 Å². The van der Waals surface area contributed by atoms with Crippen molar-refractivity contribution in [3.05, 3.63) is 77.9 Å². The van der Waals surface area contributed by atoms with Crippen molar-refractivity contribution in [2.45, 2.75) is 13.0 Å². The maximum absolute atomic E-state index is 9.93. The Labute approximate surface area is 136 Å². The Morgan fingerprint density at radius 3 is 2.48 bits per heavy atom. The summed E-state index contributed by atoms with van der Waals surface area (Å²) >= 11 is 0. The van der Waals surface area contributed by atoms with Crippen LogP contribution < -0.4 is 4.90 Å². The Morgan fingerprint density at radius 1 is 1.04 bits per heavy atom. The smallest absolute Gasteiger partial charge is 0.120 e. The summed E-state index contributed by atoms with van der Waals surface area (Å²) in [5.74, 6) is 1.31. The third kappa shape index (κ3) is 3.54. The van der Waals surface area contributed by atoms with Gasteiger partial charge in [-0.2, -0.15) is 0 Å². The van der Waals surface area contributed by atoms with Crippen LogP contribution in [-0.4, -0.2) is 28.8 Å². The maximum Gasteiger partial charge on any atom is 0.120 e. The number of benzene rings is 2. The highest BCUT2D eigenvalue weighted by Gasteiger charge is 2.07. The molecule has 0 atom stereocenters. The zero-order chi connectivity index (χ0) is 16.2. The fourth-order valence-electron chi connectivity index (χ4n) is 2.57. The van der Waals surface area contributed by atoms with Crippen molar-refractivity contribution in [3.8, 4) is 5.75 Å². The highest BCUT2D eigenvalue weighted by Crippen LogP contribution is 2.19. The van der Waals surface area contributed by atoms with Crippen LogP contribution in [0.5, 0.6) is 5.75 Å². The molecule has 3 rings (SSSR count). The van der Waals surface area contributed by atoms with Gasteiger partial charge in [0.05, 0.1) is 6.54 Å². The fraction of sp³-hybridized carbons (Fsp3) is 0.211. The molecule has 3 aromatic rings. The maximum atomic E-state index is 9.93. The summed E-state index contributed by atoms with van der Waals surface area (Å²) in [7, 11) is 4.07. The predicted octanol–water partition coefficient (Wildman–Crippen LogP) is 3.29. The van der Waals surface area contributed by atoms with Gasteiger partial charge in [0, 0.05) is 44.2 Å². The van der Waals surface area contributed by atoms with E-state index in [2.05, 4.69) is 38.7 Å². The summed E-state index contributed by atoms with van der Waals surface area (Å²) < 4.78 is 2.08. The van der Waals surface area contributed by atoms with E-state index in [1.807, 2.05) is 44.7 Å². The first-order valence-electron chi connectivity index (χ1n) is 7.66. The first-order chi connectivity index (χ1) is 11.1. The van der Waals surface area contributed by atoms with Crippen molar-refractivity contribution in [1.82, 2.24) is 9.55 Å². The lowest BCUT2D eigenvalue weighted by Gasteiger charge is -2.13. The van der Waals surface area contributed by atoms with E-state index in [1.165, 1.54) is 11.3 Å². The Kier molecular flexibility index (Phi) is 4.33. The van der Waals surface area contributed by atoms with Gasteiger partial charge in [-0.1, -0.05) is 30.3 Å². The molecule has 0 saturated heterocycles. The Bertz CT molecular complexity index is 775. The molecule has 0 aliphatic carbocycles. The molecule has 0 amide bonds. The predicted molar refractivity (Wildman–Crippen MR) is 93.0 cm³/mol. The molecule has 0 aliphatic heterocycles. The molecule has 0 aliphatic rings. The SMILES string of the molecule is CN(C)c1ccc(Cc2nccn2Cc2ccccc2O)cc1. The lowest BCUT2D eigenvalue weighted by molar-refractivity contribution is 0.465. The van der Waals surface area contributed by atoms with Gasteiger partial charge in [-0.15, -0.1) is 0 Å². The van der Waals surface area contributed by atoms with Crippen LogP contribution in [0.25, 0.3) is 0 Å². The van der Waals surface area contributed by atoms with E-state index < -0.39 is 0 Å². The molecule has 0 bridgehead atoms. The van der Waals surface area contributed by atoms with Crippen molar-refractivity contribution in [2.75, 3.05) is 19.0 Å². The standard InChI is InChI=1S/C19H21N3O/c1-21(2)17-9-7-15(8-10-17)13-19-20-11-12-22(19)14-16-5-3-4-6-18(16)23/h3-12,23H,13-14H2,1-2H3. The first kappa shape index (κ1) is 15.2. The summed E-state index contributed by atoms with van der Waals surface area (Å²) in [5, 5.41) is 9.93. The molecule has 0 radical (unpaired) electrons. The number of aromatic nitrogens is 2. The van der Waals surface area contributed by atoms with E-state index in [1.54, 1.807) is 6.07 Å². The molecule has 1 heterocycles.